The number of carbonyl (C=O) groups excluding carboxylic acids is 2. The van der Waals surface area contributed by atoms with E-state index in [4.69, 9.17) is 10.00 Å². The molecule has 0 radical (unpaired) electrons. The highest BCUT2D eigenvalue weighted by Gasteiger charge is 2.11. The zero-order chi connectivity index (χ0) is 15.8. The number of carbonyl (C=O) groups is 2. The van der Waals surface area contributed by atoms with Gasteiger partial charge in [-0.3, -0.25) is 0 Å². The number of rotatable bonds is 5. The first-order valence-corrected chi connectivity index (χ1v) is 6.26. The number of aryl methyl sites for hydroxylation is 1. The van der Waals surface area contributed by atoms with Crippen molar-refractivity contribution >= 4 is 17.6 Å². The van der Waals surface area contributed by atoms with Crippen molar-refractivity contribution in [1.82, 2.24) is 0 Å². The second-order valence-electron chi connectivity index (χ2n) is 4.06. The molecule has 0 bridgehead atoms. The van der Waals surface area contributed by atoms with Crippen molar-refractivity contribution in [3.63, 3.8) is 0 Å². The number of esters is 2. The van der Waals surface area contributed by atoms with Crippen molar-refractivity contribution in [1.29, 1.82) is 5.26 Å². The van der Waals surface area contributed by atoms with E-state index >= 15 is 0 Å². The number of hydrogen-bond acceptors (Lipinski definition) is 6. The number of methoxy groups -OCH3 is 1. The lowest BCUT2D eigenvalue weighted by Gasteiger charge is -2.08. The smallest absolute Gasteiger partial charge is 0.350 e. The van der Waals surface area contributed by atoms with Crippen molar-refractivity contribution in [2.75, 3.05) is 19.0 Å². The monoisotopic (exact) mass is 288 g/mol. The highest BCUT2D eigenvalue weighted by atomic mass is 16.5. The highest BCUT2D eigenvalue weighted by Crippen LogP contribution is 2.18. The minimum absolute atomic E-state index is 0.153. The standard InChI is InChI=1S/C15H16N2O4/c1-4-21-15(19)12(8-16)9-17-13-7-11(14(18)20-3)6-5-10(13)2/h5-7,9,17H,4H2,1-3H3. The van der Waals surface area contributed by atoms with Crippen molar-refractivity contribution in [3.8, 4) is 6.07 Å². The van der Waals surface area contributed by atoms with E-state index in [-0.39, 0.29) is 12.2 Å². The predicted molar refractivity (Wildman–Crippen MR) is 76.5 cm³/mol. The lowest BCUT2D eigenvalue weighted by molar-refractivity contribution is -0.138. The Morgan fingerprint density at radius 2 is 2.14 bits per heavy atom. The normalized spacial score (nSPS) is 10.5. The van der Waals surface area contributed by atoms with E-state index in [1.807, 2.05) is 6.92 Å². The molecule has 0 atom stereocenters. The number of anilines is 1. The van der Waals surface area contributed by atoms with Gasteiger partial charge in [-0.2, -0.15) is 5.26 Å². The van der Waals surface area contributed by atoms with E-state index in [2.05, 4.69) is 10.1 Å². The van der Waals surface area contributed by atoms with Gasteiger partial charge in [-0.25, -0.2) is 9.59 Å². The SMILES string of the molecule is CCOC(=O)C(C#N)=CNc1cc(C(=O)OC)ccc1C. The predicted octanol–water partition coefficient (Wildman–Crippen LogP) is 2.16. The van der Waals surface area contributed by atoms with Crippen LogP contribution in [0.5, 0.6) is 0 Å². The van der Waals surface area contributed by atoms with Gasteiger partial charge in [0.1, 0.15) is 6.07 Å². The molecule has 110 valence electrons. The summed E-state index contributed by atoms with van der Waals surface area (Å²) in [7, 11) is 1.30. The molecule has 0 aliphatic rings. The van der Waals surface area contributed by atoms with E-state index in [1.54, 1.807) is 31.2 Å². The molecule has 0 heterocycles. The maximum absolute atomic E-state index is 11.5. The maximum Gasteiger partial charge on any atom is 0.350 e. The number of nitrogens with one attached hydrogen (secondary N) is 1. The third-order valence-electron chi connectivity index (χ3n) is 2.65. The molecule has 1 aromatic carbocycles. The second-order valence-corrected chi connectivity index (χ2v) is 4.06. The molecule has 1 rings (SSSR count). The number of hydrogen-bond donors (Lipinski definition) is 1. The van der Waals surface area contributed by atoms with Crippen molar-refractivity contribution in [2.45, 2.75) is 13.8 Å². The van der Waals surface area contributed by atoms with E-state index in [0.29, 0.717) is 11.3 Å². The zero-order valence-electron chi connectivity index (χ0n) is 12.1. The summed E-state index contributed by atoms with van der Waals surface area (Å²) >= 11 is 0. The summed E-state index contributed by atoms with van der Waals surface area (Å²) in [6.45, 7) is 3.67. The Morgan fingerprint density at radius 3 is 2.71 bits per heavy atom. The van der Waals surface area contributed by atoms with Crippen LogP contribution in [-0.4, -0.2) is 25.7 Å². The third-order valence-corrected chi connectivity index (χ3v) is 2.65. The molecule has 6 heteroatoms. The van der Waals surface area contributed by atoms with Gasteiger partial charge in [0.05, 0.1) is 19.3 Å². The fraction of sp³-hybridized carbons (Fsp3) is 0.267. The van der Waals surface area contributed by atoms with Gasteiger partial charge in [0.2, 0.25) is 0 Å². The molecule has 0 spiro atoms. The molecule has 6 nitrogen and oxygen atoms in total. The van der Waals surface area contributed by atoms with E-state index < -0.39 is 11.9 Å². The van der Waals surface area contributed by atoms with Crippen molar-refractivity contribution < 1.29 is 19.1 Å². The van der Waals surface area contributed by atoms with Crippen molar-refractivity contribution in [3.05, 3.63) is 41.1 Å². The summed E-state index contributed by atoms with van der Waals surface area (Å²) in [6, 6.07) is 6.71. The van der Waals surface area contributed by atoms with Gasteiger partial charge in [0, 0.05) is 11.9 Å². The molecule has 21 heavy (non-hydrogen) atoms. The quantitative estimate of drug-likeness (QED) is 0.507. The molecule has 0 fully saturated rings. The molecule has 0 saturated carbocycles. The molecular weight excluding hydrogens is 272 g/mol. The fourth-order valence-electron chi connectivity index (χ4n) is 1.52. The third kappa shape index (κ3) is 4.35. The van der Waals surface area contributed by atoms with Gasteiger partial charge >= 0.3 is 11.9 Å². The van der Waals surface area contributed by atoms with Crippen LogP contribution in [0.3, 0.4) is 0 Å². The average Bonchev–Trinajstić information content (AvgIpc) is 2.49. The number of nitrogens with zero attached hydrogens (tertiary/aromatic N) is 1. The van der Waals surface area contributed by atoms with Gasteiger partial charge in [-0.1, -0.05) is 6.07 Å². The molecule has 0 amide bonds. The molecule has 0 aliphatic carbocycles. The van der Waals surface area contributed by atoms with Gasteiger partial charge in [-0.15, -0.1) is 0 Å². The van der Waals surface area contributed by atoms with Crippen LogP contribution in [0, 0.1) is 18.3 Å². The Labute approximate surface area is 123 Å². The summed E-state index contributed by atoms with van der Waals surface area (Å²) in [6.07, 6.45) is 1.25. The number of benzene rings is 1. The Morgan fingerprint density at radius 1 is 1.43 bits per heavy atom. The molecule has 0 unspecified atom stereocenters. The summed E-state index contributed by atoms with van der Waals surface area (Å²) in [5, 5.41) is 11.7. The van der Waals surface area contributed by atoms with Gasteiger partial charge in [-0.05, 0) is 31.5 Å². The topological polar surface area (TPSA) is 88.4 Å². The molecule has 0 saturated heterocycles. The largest absolute Gasteiger partial charge is 0.465 e. The molecule has 1 N–H and O–H groups in total. The highest BCUT2D eigenvalue weighted by molar-refractivity contribution is 5.93. The first-order valence-electron chi connectivity index (χ1n) is 6.26. The van der Waals surface area contributed by atoms with E-state index in [9.17, 15) is 9.59 Å². The van der Waals surface area contributed by atoms with Crippen molar-refractivity contribution in [2.24, 2.45) is 0 Å². The van der Waals surface area contributed by atoms with Crippen LogP contribution < -0.4 is 5.32 Å². The maximum atomic E-state index is 11.5. The lowest BCUT2D eigenvalue weighted by Crippen LogP contribution is -2.08. The first-order chi connectivity index (χ1) is 10.0. The fourth-order valence-corrected chi connectivity index (χ4v) is 1.52. The summed E-state index contributed by atoms with van der Waals surface area (Å²) in [5.41, 5.74) is 1.66. The van der Waals surface area contributed by atoms with Crippen LogP contribution in [0.4, 0.5) is 5.69 Å². The minimum atomic E-state index is -0.700. The van der Waals surface area contributed by atoms with Gasteiger partial charge < -0.3 is 14.8 Å². The molecule has 0 aromatic heterocycles. The summed E-state index contributed by atoms with van der Waals surface area (Å²) in [4.78, 5) is 22.9. The Hall–Kier alpha value is -2.81. The summed E-state index contributed by atoms with van der Waals surface area (Å²) in [5.74, 6) is -1.16. The van der Waals surface area contributed by atoms with Crippen LogP contribution in [0.25, 0.3) is 0 Å². The molecule has 0 aliphatic heterocycles. The van der Waals surface area contributed by atoms with Crippen LogP contribution in [0.15, 0.2) is 30.0 Å². The Balaban J connectivity index is 2.99. The molecular formula is C15H16N2O4. The summed E-state index contributed by atoms with van der Waals surface area (Å²) < 4.78 is 9.39. The van der Waals surface area contributed by atoms with Crippen LogP contribution >= 0.6 is 0 Å². The zero-order valence-corrected chi connectivity index (χ0v) is 12.1. The Bertz CT molecular complexity index is 615. The van der Waals surface area contributed by atoms with E-state index in [1.165, 1.54) is 13.3 Å². The second kappa shape index (κ2) is 7.70. The number of nitriles is 1. The average molecular weight is 288 g/mol. The number of ether oxygens (including phenoxy) is 2. The van der Waals surface area contributed by atoms with E-state index in [0.717, 1.165) is 5.56 Å². The lowest BCUT2D eigenvalue weighted by atomic mass is 10.1. The van der Waals surface area contributed by atoms with Crippen LogP contribution in [-0.2, 0) is 14.3 Å². The van der Waals surface area contributed by atoms with Crippen LogP contribution in [0.1, 0.15) is 22.8 Å². The first kappa shape index (κ1) is 16.2. The van der Waals surface area contributed by atoms with Gasteiger partial charge in [0.25, 0.3) is 0 Å². The minimum Gasteiger partial charge on any atom is -0.465 e. The van der Waals surface area contributed by atoms with Gasteiger partial charge in [0.15, 0.2) is 5.57 Å². The van der Waals surface area contributed by atoms with Crippen LogP contribution in [0.2, 0.25) is 0 Å². The molecule has 1 aromatic rings. The Kier molecular flexibility index (Phi) is 5.96.